The number of nitro groups is 1. The number of nitro benzene ring substituents is 1. The number of piperidine rings is 1. The predicted molar refractivity (Wildman–Crippen MR) is 73.2 cm³/mol. The maximum absolute atomic E-state index is 11.8. The van der Waals surface area contributed by atoms with Crippen molar-refractivity contribution < 1.29 is 14.5 Å². The summed E-state index contributed by atoms with van der Waals surface area (Å²) in [6, 6.07) is 6.25. The molecule has 2 rings (SSSR count). The number of benzene rings is 1. The van der Waals surface area contributed by atoms with Crippen molar-refractivity contribution in [3.63, 3.8) is 0 Å². The number of ether oxygens (including phenoxy) is 1. The first kappa shape index (κ1) is 14.5. The molecule has 0 aromatic heterocycles. The Kier molecular flexibility index (Phi) is 4.68. The maximum Gasteiger partial charge on any atom is 0.323 e. The van der Waals surface area contributed by atoms with E-state index in [4.69, 9.17) is 4.74 Å². The molecule has 1 aliphatic rings. The first-order valence-corrected chi connectivity index (χ1v) is 6.67. The smallest absolute Gasteiger partial charge is 0.323 e. The van der Waals surface area contributed by atoms with Crippen LogP contribution in [0.3, 0.4) is 0 Å². The Morgan fingerprint density at radius 1 is 1.40 bits per heavy atom. The number of carbonyl (C=O) groups excluding carboxylic acids is 1. The number of carbonyl (C=O) groups is 1. The van der Waals surface area contributed by atoms with E-state index < -0.39 is 4.92 Å². The number of esters is 1. The van der Waals surface area contributed by atoms with Crippen molar-refractivity contribution in [2.45, 2.75) is 31.8 Å². The van der Waals surface area contributed by atoms with E-state index >= 15 is 0 Å². The largest absolute Gasteiger partial charge is 0.468 e. The molecule has 1 atom stereocenters. The van der Waals surface area contributed by atoms with Crippen LogP contribution in [0.4, 0.5) is 5.69 Å². The summed E-state index contributed by atoms with van der Waals surface area (Å²) < 4.78 is 4.84. The number of methoxy groups -OCH3 is 1. The fraction of sp³-hybridized carbons (Fsp3) is 0.500. The molecule has 0 amide bonds. The molecule has 1 aromatic rings. The van der Waals surface area contributed by atoms with Crippen LogP contribution in [0.15, 0.2) is 24.3 Å². The topological polar surface area (TPSA) is 72.7 Å². The van der Waals surface area contributed by atoms with Crippen molar-refractivity contribution in [2.75, 3.05) is 13.7 Å². The van der Waals surface area contributed by atoms with Crippen LogP contribution in [0.1, 0.15) is 24.8 Å². The number of hydrogen-bond acceptors (Lipinski definition) is 5. The lowest BCUT2D eigenvalue weighted by Crippen LogP contribution is -2.44. The van der Waals surface area contributed by atoms with Gasteiger partial charge >= 0.3 is 5.97 Å². The molecule has 0 spiro atoms. The fourth-order valence-electron chi connectivity index (χ4n) is 2.54. The highest BCUT2D eigenvalue weighted by molar-refractivity contribution is 5.75. The number of non-ortho nitro benzene ring substituents is 1. The van der Waals surface area contributed by atoms with Crippen molar-refractivity contribution in [1.82, 2.24) is 4.90 Å². The van der Waals surface area contributed by atoms with Gasteiger partial charge in [-0.25, -0.2) is 0 Å². The molecule has 6 nitrogen and oxygen atoms in total. The molecule has 1 heterocycles. The highest BCUT2D eigenvalue weighted by atomic mass is 16.6. The third-order valence-corrected chi connectivity index (χ3v) is 3.62. The van der Waals surface area contributed by atoms with E-state index in [9.17, 15) is 14.9 Å². The highest BCUT2D eigenvalue weighted by Crippen LogP contribution is 2.21. The normalized spacial score (nSPS) is 19.6. The molecular formula is C14H18N2O4. The second kappa shape index (κ2) is 6.47. The summed E-state index contributed by atoms with van der Waals surface area (Å²) in [5, 5.41) is 10.6. The summed E-state index contributed by atoms with van der Waals surface area (Å²) in [6.07, 6.45) is 2.89. The van der Waals surface area contributed by atoms with Gasteiger partial charge in [0.1, 0.15) is 6.04 Å². The summed E-state index contributed by atoms with van der Waals surface area (Å²) in [5.41, 5.74) is 1.04. The Hall–Kier alpha value is -1.95. The van der Waals surface area contributed by atoms with Gasteiger partial charge in [-0.15, -0.1) is 0 Å². The summed E-state index contributed by atoms with van der Waals surface area (Å²) in [4.78, 5) is 24.0. The van der Waals surface area contributed by atoms with Gasteiger partial charge in [0.2, 0.25) is 0 Å². The number of nitrogens with zero attached hydrogens (tertiary/aromatic N) is 2. The number of hydrogen-bond donors (Lipinski definition) is 0. The number of likely N-dealkylation sites (tertiary alicyclic amines) is 1. The van der Waals surface area contributed by atoms with Crippen LogP contribution >= 0.6 is 0 Å². The van der Waals surface area contributed by atoms with Crippen molar-refractivity contribution >= 4 is 11.7 Å². The van der Waals surface area contributed by atoms with Gasteiger partial charge in [0.05, 0.1) is 12.0 Å². The third-order valence-electron chi connectivity index (χ3n) is 3.62. The molecule has 0 aliphatic carbocycles. The number of rotatable bonds is 4. The first-order valence-electron chi connectivity index (χ1n) is 6.67. The van der Waals surface area contributed by atoms with Gasteiger partial charge in [-0.05, 0) is 24.9 Å². The summed E-state index contributed by atoms with van der Waals surface area (Å²) in [7, 11) is 1.40. The first-order chi connectivity index (χ1) is 9.61. The summed E-state index contributed by atoms with van der Waals surface area (Å²) in [5.74, 6) is -0.202. The molecule has 1 aromatic carbocycles. The molecule has 1 fully saturated rings. The van der Waals surface area contributed by atoms with Gasteiger partial charge in [-0.3, -0.25) is 19.8 Å². The lowest BCUT2D eigenvalue weighted by Gasteiger charge is -2.33. The molecule has 1 unspecified atom stereocenters. The maximum atomic E-state index is 11.8. The zero-order valence-electron chi connectivity index (χ0n) is 11.4. The average molecular weight is 278 g/mol. The van der Waals surface area contributed by atoms with E-state index in [1.54, 1.807) is 12.1 Å². The van der Waals surface area contributed by atoms with Crippen LogP contribution in [0.5, 0.6) is 0 Å². The van der Waals surface area contributed by atoms with E-state index in [0.29, 0.717) is 6.54 Å². The van der Waals surface area contributed by atoms with Crippen molar-refractivity contribution in [1.29, 1.82) is 0 Å². The van der Waals surface area contributed by atoms with E-state index in [-0.39, 0.29) is 17.7 Å². The Morgan fingerprint density at radius 2 is 2.10 bits per heavy atom. The average Bonchev–Trinajstić information content (AvgIpc) is 2.47. The van der Waals surface area contributed by atoms with Crippen LogP contribution in [-0.2, 0) is 16.1 Å². The lowest BCUT2D eigenvalue weighted by molar-refractivity contribution is -0.384. The van der Waals surface area contributed by atoms with Gasteiger partial charge < -0.3 is 4.74 Å². The van der Waals surface area contributed by atoms with Gasteiger partial charge in [-0.1, -0.05) is 18.6 Å². The second-order valence-electron chi connectivity index (χ2n) is 4.93. The quantitative estimate of drug-likeness (QED) is 0.479. The minimum Gasteiger partial charge on any atom is -0.468 e. The summed E-state index contributed by atoms with van der Waals surface area (Å²) >= 11 is 0. The molecule has 0 radical (unpaired) electrons. The molecule has 1 saturated heterocycles. The fourth-order valence-corrected chi connectivity index (χ4v) is 2.54. The molecule has 0 bridgehead atoms. The monoisotopic (exact) mass is 278 g/mol. The lowest BCUT2D eigenvalue weighted by atomic mass is 10.0. The Balaban J connectivity index is 2.06. The van der Waals surface area contributed by atoms with Crippen molar-refractivity contribution in [3.05, 3.63) is 39.9 Å². The zero-order chi connectivity index (χ0) is 14.5. The third kappa shape index (κ3) is 3.33. The zero-order valence-corrected chi connectivity index (χ0v) is 11.4. The molecular weight excluding hydrogens is 260 g/mol. The van der Waals surface area contributed by atoms with E-state index in [2.05, 4.69) is 4.90 Å². The van der Waals surface area contributed by atoms with Gasteiger partial charge in [0.25, 0.3) is 5.69 Å². The predicted octanol–water partition coefficient (Wildman–Crippen LogP) is 2.12. The minimum absolute atomic E-state index is 0.0805. The van der Waals surface area contributed by atoms with Crippen LogP contribution < -0.4 is 0 Å². The molecule has 0 N–H and O–H groups in total. The van der Waals surface area contributed by atoms with Crippen molar-refractivity contribution in [3.8, 4) is 0 Å². The molecule has 0 saturated carbocycles. The Labute approximate surface area is 117 Å². The Bertz CT molecular complexity index is 486. The molecule has 20 heavy (non-hydrogen) atoms. The van der Waals surface area contributed by atoms with E-state index in [1.165, 1.54) is 19.2 Å². The standard InChI is InChI=1S/C14H18N2O4/c1-20-14(17)13-4-2-3-9-15(13)10-11-5-7-12(8-6-11)16(18)19/h5-8,13H,2-4,9-10H2,1H3. The van der Waals surface area contributed by atoms with Crippen LogP contribution in [0.2, 0.25) is 0 Å². The Morgan fingerprint density at radius 3 is 2.70 bits per heavy atom. The van der Waals surface area contributed by atoms with E-state index in [1.807, 2.05) is 0 Å². The van der Waals surface area contributed by atoms with Crippen LogP contribution in [0.25, 0.3) is 0 Å². The SMILES string of the molecule is COC(=O)C1CCCCN1Cc1ccc([N+](=O)[O-])cc1. The van der Waals surface area contributed by atoms with Crippen molar-refractivity contribution in [2.24, 2.45) is 0 Å². The highest BCUT2D eigenvalue weighted by Gasteiger charge is 2.29. The minimum atomic E-state index is -0.415. The van der Waals surface area contributed by atoms with E-state index in [0.717, 1.165) is 31.4 Å². The van der Waals surface area contributed by atoms with Crippen LogP contribution in [-0.4, -0.2) is 35.5 Å². The molecule has 108 valence electrons. The van der Waals surface area contributed by atoms with Crippen LogP contribution in [0, 0.1) is 10.1 Å². The summed E-state index contributed by atoms with van der Waals surface area (Å²) in [6.45, 7) is 1.45. The second-order valence-corrected chi connectivity index (χ2v) is 4.93. The van der Waals surface area contributed by atoms with Gasteiger partial charge in [-0.2, -0.15) is 0 Å². The molecule has 1 aliphatic heterocycles. The van der Waals surface area contributed by atoms with Gasteiger partial charge in [0.15, 0.2) is 0 Å². The van der Waals surface area contributed by atoms with Gasteiger partial charge in [0, 0.05) is 18.7 Å². The molecule has 6 heteroatoms.